The highest BCUT2D eigenvalue weighted by atomic mass is 35.5. The first-order valence-corrected chi connectivity index (χ1v) is 7.22. The number of allylic oxidation sites excluding steroid dienone is 1. The number of benzene rings is 1. The highest BCUT2D eigenvalue weighted by molar-refractivity contribution is 7.95. The van der Waals surface area contributed by atoms with E-state index in [9.17, 15) is 13.2 Å². The van der Waals surface area contributed by atoms with Gasteiger partial charge < -0.3 is 5.11 Å². The summed E-state index contributed by atoms with van der Waals surface area (Å²) in [5, 5.41) is 10.2. The first kappa shape index (κ1) is 13.1. The van der Waals surface area contributed by atoms with Crippen molar-refractivity contribution >= 4 is 33.0 Å². The van der Waals surface area contributed by atoms with Crippen LogP contribution in [-0.4, -0.2) is 19.5 Å². The summed E-state index contributed by atoms with van der Waals surface area (Å²) in [7, 11) is -3.50. The smallest absolute Gasteiger partial charge is 0.303 e. The molecule has 96 valence electrons. The maximum absolute atomic E-state index is 11.9. The van der Waals surface area contributed by atoms with E-state index in [1.54, 1.807) is 19.1 Å². The van der Waals surface area contributed by atoms with E-state index in [1.165, 1.54) is 6.07 Å². The van der Waals surface area contributed by atoms with Crippen LogP contribution in [0.5, 0.6) is 0 Å². The van der Waals surface area contributed by atoms with Gasteiger partial charge in [-0.3, -0.25) is 4.79 Å². The second kappa shape index (κ2) is 4.40. The highest BCUT2D eigenvalue weighted by Crippen LogP contribution is 2.42. The Morgan fingerprint density at radius 1 is 1.44 bits per heavy atom. The van der Waals surface area contributed by atoms with E-state index in [0.717, 1.165) is 5.41 Å². The summed E-state index contributed by atoms with van der Waals surface area (Å²) in [6, 6.07) is 4.65. The van der Waals surface area contributed by atoms with Crippen LogP contribution in [0.4, 0.5) is 0 Å². The quantitative estimate of drug-likeness (QED) is 0.927. The molecule has 0 saturated carbocycles. The number of hydrogen-bond donors (Lipinski definition) is 1. The number of sulfone groups is 1. The Labute approximate surface area is 110 Å². The van der Waals surface area contributed by atoms with Gasteiger partial charge >= 0.3 is 5.97 Å². The Bertz CT molecular complexity index is 646. The Balaban J connectivity index is 2.57. The van der Waals surface area contributed by atoms with Crippen LogP contribution in [0.25, 0.3) is 5.57 Å². The van der Waals surface area contributed by atoms with Gasteiger partial charge in [0.1, 0.15) is 0 Å². The lowest BCUT2D eigenvalue weighted by Crippen LogP contribution is -2.05. The summed E-state index contributed by atoms with van der Waals surface area (Å²) < 4.78 is 23.8. The van der Waals surface area contributed by atoms with Gasteiger partial charge in [0.05, 0.1) is 11.3 Å². The van der Waals surface area contributed by atoms with E-state index in [0.29, 0.717) is 16.2 Å². The fourth-order valence-corrected chi connectivity index (χ4v) is 3.98. The summed E-state index contributed by atoms with van der Waals surface area (Å²) in [5.41, 5.74) is 0.908. The molecule has 0 saturated heterocycles. The number of fused-ring (bicyclic) bond motifs is 1. The summed E-state index contributed by atoms with van der Waals surface area (Å²) in [6.45, 7) is 1.67. The van der Waals surface area contributed by atoms with Crippen LogP contribution in [0.3, 0.4) is 0 Å². The molecule has 1 aromatic carbocycles. The molecule has 1 unspecified atom stereocenters. The second-order valence-corrected chi connectivity index (χ2v) is 6.40. The monoisotopic (exact) mass is 286 g/mol. The molecule has 1 aromatic rings. The largest absolute Gasteiger partial charge is 0.481 e. The molecule has 6 heteroatoms. The van der Waals surface area contributed by atoms with Gasteiger partial charge in [0.25, 0.3) is 0 Å². The molecular weight excluding hydrogens is 276 g/mol. The number of carboxylic acid groups (broad SMARTS) is 1. The fraction of sp³-hybridized carbons (Fsp3) is 0.250. The zero-order valence-electron chi connectivity index (χ0n) is 9.55. The Morgan fingerprint density at radius 3 is 2.72 bits per heavy atom. The van der Waals surface area contributed by atoms with Crippen LogP contribution in [0, 0.1) is 5.92 Å². The maximum atomic E-state index is 11.9. The van der Waals surface area contributed by atoms with Crippen LogP contribution < -0.4 is 0 Å². The molecule has 0 fully saturated rings. The molecule has 0 aromatic heterocycles. The zero-order valence-corrected chi connectivity index (χ0v) is 11.1. The molecule has 1 aliphatic heterocycles. The van der Waals surface area contributed by atoms with Gasteiger partial charge in [-0.05, 0) is 23.6 Å². The average Bonchev–Trinajstić information content (AvgIpc) is 2.52. The van der Waals surface area contributed by atoms with Crippen molar-refractivity contribution in [1.82, 2.24) is 0 Å². The fourth-order valence-electron chi connectivity index (χ4n) is 2.05. The number of carbonyl (C=O) groups is 1. The van der Waals surface area contributed by atoms with Crippen molar-refractivity contribution in [3.8, 4) is 0 Å². The van der Waals surface area contributed by atoms with Crippen molar-refractivity contribution in [2.24, 2.45) is 5.92 Å². The van der Waals surface area contributed by atoms with Crippen molar-refractivity contribution in [3.63, 3.8) is 0 Å². The topological polar surface area (TPSA) is 71.4 Å². The van der Waals surface area contributed by atoms with Crippen molar-refractivity contribution in [3.05, 3.63) is 34.2 Å². The van der Waals surface area contributed by atoms with E-state index >= 15 is 0 Å². The van der Waals surface area contributed by atoms with Crippen LogP contribution in [0.2, 0.25) is 5.02 Å². The molecule has 0 bridgehead atoms. The third-order valence-electron chi connectivity index (χ3n) is 2.86. The summed E-state index contributed by atoms with van der Waals surface area (Å²) >= 11 is 6.02. The number of halogens is 1. The molecule has 0 radical (unpaired) electrons. The van der Waals surface area contributed by atoms with E-state index < -0.39 is 21.7 Å². The summed E-state index contributed by atoms with van der Waals surface area (Å²) in [5.74, 6) is -1.38. The minimum atomic E-state index is -3.50. The Morgan fingerprint density at radius 2 is 2.11 bits per heavy atom. The predicted octanol–water partition coefficient (Wildman–Crippen LogP) is 2.58. The zero-order chi connectivity index (χ0) is 13.5. The van der Waals surface area contributed by atoms with Crippen LogP contribution >= 0.6 is 11.6 Å². The van der Waals surface area contributed by atoms with Crippen LogP contribution in [0.1, 0.15) is 18.9 Å². The van der Waals surface area contributed by atoms with Gasteiger partial charge in [-0.1, -0.05) is 24.6 Å². The van der Waals surface area contributed by atoms with Gasteiger partial charge in [0, 0.05) is 16.0 Å². The standard InChI is InChI=1S/C12H11ClO4S/c1-7(5-11(14)15)8-6-18(16,17)10-4-2-3-9(13)12(8)10/h2-4,6-7H,5H2,1H3,(H,14,15). The van der Waals surface area contributed by atoms with Gasteiger partial charge in [0.15, 0.2) is 0 Å². The Hall–Kier alpha value is -1.33. The predicted molar refractivity (Wildman–Crippen MR) is 68.0 cm³/mol. The first-order valence-electron chi connectivity index (χ1n) is 5.30. The lowest BCUT2D eigenvalue weighted by molar-refractivity contribution is -0.137. The lowest BCUT2D eigenvalue weighted by Gasteiger charge is -2.12. The van der Waals surface area contributed by atoms with E-state index in [-0.39, 0.29) is 11.3 Å². The van der Waals surface area contributed by atoms with E-state index in [4.69, 9.17) is 16.7 Å². The van der Waals surface area contributed by atoms with Crippen molar-refractivity contribution in [2.75, 3.05) is 0 Å². The molecule has 1 heterocycles. The van der Waals surface area contributed by atoms with Gasteiger partial charge in [-0.15, -0.1) is 0 Å². The SMILES string of the molecule is CC(CC(=O)O)C1=CS(=O)(=O)c2cccc(Cl)c21. The maximum Gasteiger partial charge on any atom is 0.303 e. The minimum absolute atomic E-state index is 0.133. The van der Waals surface area contributed by atoms with Crippen molar-refractivity contribution in [2.45, 2.75) is 18.2 Å². The Kier molecular flexibility index (Phi) is 3.21. The highest BCUT2D eigenvalue weighted by Gasteiger charge is 2.31. The average molecular weight is 287 g/mol. The van der Waals surface area contributed by atoms with Crippen molar-refractivity contribution in [1.29, 1.82) is 0 Å². The molecular formula is C12H11ClO4S. The molecule has 0 spiro atoms. The molecule has 0 aliphatic carbocycles. The molecule has 1 aliphatic rings. The van der Waals surface area contributed by atoms with Crippen molar-refractivity contribution < 1.29 is 18.3 Å². The third-order valence-corrected chi connectivity index (χ3v) is 4.70. The molecule has 2 rings (SSSR count). The number of carboxylic acids is 1. The number of rotatable bonds is 3. The van der Waals surface area contributed by atoms with Gasteiger partial charge in [0.2, 0.25) is 9.84 Å². The minimum Gasteiger partial charge on any atom is -0.481 e. The third kappa shape index (κ3) is 2.15. The summed E-state index contributed by atoms with van der Waals surface area (Å²) in [6.07, 6.45) is -0.133. The molecule has 0 amide bonds. The molecule has 1 N–H and O–H groups in total. The van der Waals surface area contributed by atoms with E-state index in [1.807, 2.05) is 0 Å². The van der Waals surface area contributed by atoms with Gasteiger partial charge in [-0.25, -0.2) is 8.42 Å². The number of hydrogen-bond acceptors (Lipinski definition) is 3. The summed E-state index contributed by atoms with van der Waals surface area (Å²) in [4.78, 5) is 10.9. The molecule has 4 nitrogen and oxygen atoms in total. The van der Waals surface area contributed by atoms with Crippen LogP contribution in [-0.2, 0) is 14.6 Å². The second-order valence-electron chi connectivity index (χ2n) is 4.23. The molecule has 1 atom stereocenters. The number of aliphatic carboxylic acids is 1. The van der Waals surface area contributed by atoms with Gasteiger partial charge in [-0.2, -0.15) is 0 Å². The first-order chi connectivity index (χ1) is 8.33. The van der Waals surface area contributed by atoms with Crippen LogP contribution in [0.15, 0.2) is 28.5 Å². The molecule has 18 heavy (non-hydrogen) atoms. The lowest BCUT2D eigenvalue weighted by atomic mass is 9.93. The van der Waals surface area contributed by atoms with E-state index in [2.05, 4.69) is 0 Å². The normalized spacial score (nSPS) is 18.0.